The van der Waals surface area contributed by atoms with Gasteiger partial charge in [0.25, 0.3) is 0 Å². The maximum absolute atomic E-state index is 3.32. The van der Waals surface area contributed by atoms with Crippen molar-refractivity contribution in [1.29, 1.82) is 0 Å². The minimum Gasteiger partial charge on any atom is -0.365 e. The van der Waals surface area contributed by atoms with Crippen LogP contribution >= 0.6 is 0 Å². The van der Waals surface area contributed by atoms with Crippen LogP contribution in [0.3, 0.4) is 0 Å². The molecule has 72 valence electrons. The summed E-state index contributed by atoms with van der Waals surface area (Å²) in [6, 6.07) is 2.91. The number of rotatable bonds is 2. The second-order valence-electron chi connectivity index (χ2n) is 4.01. The van der Waals surface area contributed by atoms with Crippen LogP contribution in [0.4, 0.5) is 0 Å². The maximum Gasteiger partial charge on any atom is 0.0254 e. The average Bonchev–Trinajstić information content (AvgIpc) is 2.52. The minimum atomic E-state index is 0.700. The summed E-state index contributed by atoms with van der Waals surface area (Å²) >= 11 is 0. The highest BCUT2D eigenvalue weighted by Gasteiger charge is 2.22. The van der Waals surface area contributed by atoms with Crippen LogP contribution in [-0.4, -0.2) is 22.5 Å². The number of nitrogens with zero attached hydrogens (tertiary/aromatic N) is 1. The topological polar surface area (TPSA) is 19.0 Å². The SMILES string of the molecule is CCCN1Cc2cc[nH]c2CC1C. The molecule has 1 N–H and O–H groups in total. The Labute approximate surface area is 79.9 Å². The van der Waals surface area contributed by atoms with Crippen molar-refractivity contribution < 1.29 is 0 Å². The van der Waals surface area contributed by atoms with Crippen LogP contribution in [0.25, 0.3) is 0 Å². The summed E-state index contributed by atoms with van der Waals surface area (Å²) in [7, 11) is 0. The molecule has 2 heterocycles. The first-order valence-electron chi connectivity index (χ1n) is 5.20. The Morgan fingerprint density at radius 3 is 3.23 bits per heavy atom. The Kier molecular flexibility index (Phi) is 2.40. The van der Waals surface area contributed by atoms with E-state index < -0.39 is 0 Å². The van der Waals surface area contributed by atoms with E-state index in [9.17, 15) is 0 Å². The molecule has 0 aromatic carbocycles. The molecule has 0 amide bonds. The Bertz CT molecular complexity index is 277. The van der Waals surface area contributed by atoms with Crippen molar-refractivity contribution in [2.45, 2.75) is 39.3 Å². The molecule has 0 saturated carbocycles. The van der Waals surface area contributed by atoms with E-state index >= 15 is 0 Å². The molecule has 2 rings (SSSR count). The highest BCUT2D eigenvalue weighted by Crippen LogP contribution is 2.21. The van der Waals surface area contributed by atoms with Gasteiger partial charge in [-0.25, -0.2) is 0 Å². The van der Waals surface area contributed by atoms with Gasteiger partial charge in [0, 0.05) is 30.9 Å². The molecule has 0 spiro atoms. The molecular formula is C11H18N2. The normalized spacial score (nSPS) is 23.1. The van der Waals surface area contributed by atoms with Crippen LogP contribution in [-0.2, 0) is 13.0 Å². The lowest BCUT2D eigenvalue weighted by molar-refractivity contribution is 0.184. The second-order valence-corrected chi connectivity index (χ2v) is 4.01. The number of hydrogen-bond acceptors (Lipinski definition) is 1. The van der Waals surface area contributed by atoms with E-state index in [1.807, 2.05) is 0 Å². The Morgan fingerprint density at radius 2 is 2.46 bits per heavy atom. The van der Waals surface area contributed by atoms with E-state index in [0.29, 0.717) is 6.04 Å². The van der Waals surface area contributed by atoms with Gasteiger partial charge in [-0.15, -0.1) is 0 Å². The third-order valence-corrected chi connectivity index (χ3v) is 2.94. The Morgan fingerprint density at radius 1 is 1.62 bits per heavy atom. The third kappa shape index (κ3) is 1.63. The first-order valence-corrected chi connectivity index (χ1v) is 5.20. The zero-order valence-corrected chi connectivity index (χ0v) is 8.51. The van der Waals surface area contributed by atoms with E-state index in [4.69, 9.17) is 0 Å². The van der Waals surface area contributed by atoms with E-state index in [1.165, 1.54) is 30.6 Å². The Hall–Kier alpha value is -0.760. The van der Waals surface area contributed by atoms with Crippen molar-refractivity contribution >= 4 is 0 Å². The first-order chi connectivity index (χ1) is 6.31. The molecule has 2 nitrogen and oxygen atoms in total. The number of aromatic nitrogens is 1. The number of H-pyrrole nitrogens is 1. The van der Waals surface area contributed by atoms with E-state index in [2.05, 4.69) is 36.0 Å². The van der Waals surface area contributed by atoms with Gasteiger partial charge in [0.1, 0.15) is 0 Å². The van der Waals surface area contributed by atoms with Gasteiger partial charge in [-0.05, 0) is 31.5 Å². The summed E-state index contributed by atoms with van der Waals surface area (Å²) in [5, 5.41) is 0. The van der Waals surface area contributed by atoms with Gasteiger partial charge in [0.15, 0.2) is 0 Å². The lowest BCUT2D eigenvalue weighted by Gasteiger charge is -2.33. The summed E-state index contributed by atoms with van der Waals surface area (Å²) in [6.45, 7) is 6.93. The number of fused-ring (bicyclic) bond motifs is 1. The lowest BCUT2D eigenvalue weighted by Crippen LogP contribution is -2.38. The predicted molar refractivity (Wildman–Crippen MR) is 54.7 cm³/mol. The average molecular weight is 178 g/mol. The van der Waals surface area contributed by atoms with Crippen molar-refractivity contribution in [3.8, 4) is 0 Å². The fraction of sp³-hybridized carbons (Fsp3) is 0.636. The van der Waals surface area contributed by atoms with Crippen molar-refractivity contribution in [1.82, 2.24) is 9.88 Å². The number of aromatic amines is 1. The zero-order chi connectivity index (χ0) is 9.26. The molecule has 1 unspecified atom stereocenters. The summed E-state index contributed by atoms with van der Waals surface area (Å²) in [4.78, 5) is 5.89. The molecular weight excluding hydrogens is 160 g/mol. The van der Waals surface area contributed by atoms with Crippen LogP contribution in [0.15, 0.2) is 12.3 Å². The molecule has 0 bridgehead atoms. The van der Waals surface area contributed by atoms with Crippen LogP contribution in [0.1, 0.15) is 31.5 Å². The largest absolute Gasteiger partial charge is 0.365 e. The van der Waals surface area contributed by atoms with Crippen molar-refractivity contribution in [3.63, 3.8) is 0 Å². The third-order valence-electron chi connectivity index (χ3n) is 2.94. The van der Waals surface area contributed by atoms with Gasteiger partial charge >= 0.3 is 0 Å². The van der Waals surface area contributed by atoms with Crippen LogP contribution in [0.5, 0.6) is 0 Å². The van der Waals surface area contributed by atoms with Gasteiger partial charge in [-0.3, -0.25) is 4.90 Å². The van der Waals surface area contributed by atoms with Crippen molar-refractivity contribution in [3.05, 3.63) is 23.5 Å². The number of nitrogens with one attached hydrogen (secondary N) is 1. The Balaban J connectivity index is 2.13. The molecule has 1 aliphatic rings. The van der Waals surface area contributed by atoms with E-state index in [1.54, 1.807) is 0 Å². The molecule has 0 fully saturated rings. The molecule has 0 saturated heterocycles. The van der Waals surface area contributed by atoms with Crippen molar-refractivity contribution in [2.24, 2.45) is 0 Å². The first kappa shape index (κ1) is 8.82. The summed E-state index contributed by atoms with van der Waals surface area (Å²) in [5.74, 6) is 0. The fourth-order valence-corrected chi connectivity index (χ4v) is 2.16. The molecule has 13 heavy (non-hydrogen) atoms. The highest BCUT2D eigenvalue weighted by molar-refractivity contribution is 5.23. The van der Waals surface area contributed by atoms with E-state index in [0.717, 1.165) is 6.54 Å². The highest BCUT2D eigenvalue weighted by atomic mass is 15.2. The smallest absolute Gasteiger partial charge is 0.0254 e. The monoisotopic (exact) mass is 178 g/mol. The quantitative estimate of drug-likeness (QED) is 0.735. The summed E-state index contributed by atoms with van der Waals surface area (Å²) < 4.78 is 0. The lowest BCUT2D eigenvalue weighted by atomic mass is 10.0. The van der Waals surface area contributed by atoms with Crippen molar-refractivity contribution in [2.75, 3.05) is 6.54 Å². The van der Waals surface area contributed by atoms with Gasteiger partial charge in [0.2, 0.25) is 0 Å². The standard InChI is InChI=1S/C11H18N2/c1-3-6-13-8-10-4-5-12-11(10)7-9(13)2/h4-5,9,12H,3,6-8H2,1-2H3. The van der Waals surface area contributed by atoms with Gasteiger partial charge in [-0.2, -0.15) is 0 Å². The summed E-state index contributed by atoms with van der Waals surface area (Å²) in [6.07, 6.45) is 4.50. The number of hydrogen-bond donors (Lipinski definition) is 1. The molecule has 1 aromatic rings. The molecule has 0 aliphatic carbocycles. The summed E-state index contributed by atoms with van der Waals surface area (Å²) in [5.41, 5.74) is 2.94. The maximum atomic E-state index is 3.32. The fourth-order valence-electron chi connectivity index (χ4n) is 2.16. The van der Waals surface area contributed by atoms with Gasteiger partial charge in [0.05, 0.1) is 0 Å². The van der Waals surface area contributed by atoms with Gasteiger partial charge in [-0.1, -0.05) is 6.92 Å². The minimum absolute atomic E-state index is 0.700. The van der Waals surface area contributed by atoms with Crippen LogP contribution < -0.4 is 0 Å². The van der Waals surface area contributed by atoms with Crippen LogP contribution in [0.2, 0.25) is 0 Å². The van der Waals surface area contributed by atoms with Crippen LogP contribution in [0, 0.1) is 0 Å². The molecule has 0 radical (unpaired) electrons. The van der Waals surface area contributed by atoms with E-state index in [-0.39, 0.29) is 0 Å². The molecule has 1 atom stereocenters. The molecule has 1 aliphatic heterocycles. The molecule has 2 heteroatoms. The molecule has 1 aromatic heterocycles. The van der Waals surface area contributed by atoms with Gasteiger partial charge < -0.3 is 4.98 Å². The predicted octanol–water partition coefficient (Wildman–Crippen LogP) is 2.17. The zero-order valence-electron chi connectivity index (χ0n) is 8.51. The second kappa shape index (κ2) is 3.54.